The van der Waals surface area contributed by atoms with Crippen LogP contribution in [0.1, 0.15) is 23.6 Å². The van der Waals surface area contributed by atoms with E-state index in [2.05, 4.69) is 20.6 Å². The Morgan fingerprint density at radius 2 is 1.81 bits per heavy atom. The molecule has 1 saturated heterocycles. The van der Waals surface area contributed by atoms with Crippen molar-refractivity contribution in [2.45, 2.75) is 24.8 Å². The molecule has 2 N–H and O–H groups in total. The van der Waals surface area contributed by atoms with Crippen molar-refractivity contribution in [1.82, 2.24) is 20.0 Å². The second-order valence-electron chi connectivity index (χ2n) is 9.10. The molecule has 2 aromatic carbocycles. The quantitative estimate of drug-likeness (QED) is 0.380. The van der Waals surface area contributed by atoms with Gasteiger partial charge in [-0.1, -0.05) is 24.3 Å². The number of anilines is 1. The Morgan fingerprint density at radius 1 is 1.03 bits per heavy atom. The van der Waals surface area contributed by atoms with Crippen LogP contribution in [0.4, 0.5) is 19.4 Å². The van der Waals surface area contributed by atoms with Gasteiger partial charge in [-0.2, -0.15) is 5.10 Å². The van der Waals surface area contributed by atoms with E-state index in [4.69, 9.17) is 9.47 Å². The average Bonchev–Trinajstić information content (AvgIpc) is 3.48. The zero-order chi connectivity index (χ0) is 26.2. The van der Waals surface area contributed by atoms with Crippen LogP contribution in [0, 0.1) is 11.6 Å². The Morgan fingerprint density at radius 3 is 2.54 bits per heavy atom. The summed E-state index contributed by atoms with van der Waals surface area (Å²) in [6, 6.07) is 14.6. The highest BCUT2D eigenvalue weighted by molar-refractivity contribution is 5.89. The molecule has 1 aliphatic heterocycles. The van der Waals surface area contributed by atoms with E-state index in [0.29, 0.717) is 50.7 Å². The highest BCUT2D eigenvalue weighted by Crippen LogP contribution is 2.29. The Balaban J connectivity index is 1.51. The lowest BCUT2D eigenvalue weighted by molar-refractivity contribution is 0.159. The summed E-state index contributed by atoms with van der Waals surface area (Å²) < 4.78 is 39.6. The molecule has 1 fully saturated rings. The smallest absolute Gasteiger partial charge is 0.320 e. The predicted molar refractivity (Wildman–Crippen MR) is 137 cm³/mol. The van der Waals surface area contributed by atoms with Crippen LogP contribution in [0.25, 0.3) is 5.69 Å². The van der Waals surface area contributed by atoms with Crippen LogP contribution in [0.3, 0.4) is 0 Å². The van der Waals surface area contributed by atoms with Crippen LogP contribution in [0.15, 0.2) is 54.6 Å². The first kappa shape index (κ1) is 26.7. The van der Waals surface area contributed by atoms with Crippen molar-refractivity contribution in [2.24, 2.45) is 0 Å². The first-order chi connectivity index (χ1) is 18.0. The minimum Gasteiger partial charge on any atom is -0.385 e. The van der Waals surface area contributed by atoms with Crippen LogP contribution >= 0.6 is 0 Å². The van der Waals surface area contributed by atoms with Gasteiger partial charge in [-0.05, 0) is 42.7 Å². The Kier molecular flexibility index (Phi) is 9.21. The number of nitrogens with one attached hydrogen (secondary N) is 2. The number of urea groups is 1. The molecule has 0 unspecified atom stereocenters. The van der Waals surface area contributed by atoms with Crippen molar-refractivity contribution < 1.29 is 23.0 Å². The first-order valence-electron chi connectivity index (χ1n) is 12.4. The van der Waals surface area contributed by atoms with Gasteiger partial charge in [0.1, 0.15) is 5.82 Å². The number of hydrogen-bond acceptors (Lipinski definition) is 5. The zero-order valence-corrected chi connectivity index (χ0v) is 21.1. The number of benzene rings is 2. The second-order valence-corrected chi connectivity index (χ2v) is 9.10. The van der Waals surface area contributed by atoms with Gasteiger partial charge in [-0.25, -0.2) is 18.3 Å². The molecule has 1 aromatic heterocycles. The maximum absolute atomic E-state index is 14.0. The number of hydrogen-bond donors (Lipinski definition) is 2. The third-order valence-electron chi connectivity index (χ3n) is 6.48. The standard InChI is InChI=1S/C27H33F2N5O3/c1-36-13-6-7-20-16-26(34(32-20)21-8-4-3-5-9-21)31-27(35)30-25-18-33(12-14-37-2)17-22(25)19-10-11-23(28)24(29)15-19/h3-5,8-11,15-16,22,25H,6-7,12-14,17-18H2,1-2H3,(H2,30,31,35)/t22-,25+/m0/s1. The van der Waals surface area contributed by atoms with E-state index in [9.17, 15) is 13.6 Å². The van der Waals surface area contributed by atoms with Crippen LogP contribution in [-0.4, -0.2) is 73.8 Å². The van der Waals surface area contributed by atoms with Crippen molar-refractivity contribution >= 4 is 11.8 Å². The van der Waals surface area contributed by atoms with E-state index >= 15 is 0 Å². The molecular formula is C27H33F2N5O3. The fraction of sp³-hybridized carbons (Fsp3) is 0.407. The fourth-order valence-corrected chi connectivity index (χ4v) is 4.64. The summed E-state index contributed by atoms with van der Waals surface area (Å²) in [6.45, 7) is 2.97. The number of likely N-dealkylation sites (tertiary alicyclic amines) is 1. The molecule has 10 heteroatoms. The normalized spacial score (nSPS) is 17.7. The lowest BCUT2D eigenvalue weighted by atomic mass is 9.94. The summed E-state index contributed by atoms with van der Waals surface area (Å²) in [5.74, 6) is -1.46. The number of halogens is 2. The van der Waals surface area contributed by atoms with Crippen molar-refractivity contribution in [3.05, 3.63) is 77.5 Å². The number of carbonyl (C=O) groups is 1. The first-order valence-corrected chi connectivity index (χ1v) is 12.4. The molecule has 2 amide bonds. The lowest BCUT2D eigenvalue weighted by Crippen LogP contribution is -2.42. The van der Waals surface area contributed by atoms with Gasteiger partial charge in [0.25, 0.3) is 0 Å². The number of carbonyl (C=O) groups excluding carboxylic acids is 1. The molecule has 0 spiro atoms. The van der Waals surface area contributed by atoms with E-state index in [-0.39, 0.29) is 12.0 Å². The van der Waals surface area contributed by atoms with E-state index < -0.39 is 17.7 Å². The number of ether oxygens (including phenoxy) is 2. The van der Waals surface area contributed by atoms with Gasteiger partial charge in [0, 0.05) is 52.4 Å². The number of methoxy groups -OCH3 is 2. The summed E-state index contributed by atoms with van der Waals surface area (Å²) in [7, 11) is 3.29. The highest BCUT2D eigenvalue weighted by atomic mass is 19.2. The van der Waals surface area contributed by atoms with Crippen molar-refractivity contribution in [3.8, 4) is 5.69 Å². The summed E-state index contributed by atoms with van der Waals surface area (Å²) in [5.41, 5.74) is 2.29. The molecule has 0 aliphatic carbocycles. The van der Waals surface area contributed by atoms with Crippen LogP contribution in [0.2, 0.25) is 0 Å². The molecule has 198 valence electrons. The molecule has 0 bridgehead atoms. The van der Waals surface area contributed by atoms with Gasteiger partial charge in [0.15, 0.2) is 11.6 Å². The molecular weight excluding hydrogens is 480 g/mol. The minimum absolute atomic E-state index is 0.207. The third-order valence-corrected chi connectivity index (χ3v) is 6.48. The minimum atomic E-state index is -0.899. The van der Waals surface area contributed by atoms with Gasteiger partial charge in [0.2, 0.25) is 0 Å². The van der Waals surface area contributed by atoms with Gasteiger partial charge < -0.3 is 14.8 Å². The molecule has 37 heavy (non-hydrogen) atoms. The number of aryl methyl sites for hydroxylation is 1. The summed E-state index contributed by atoms with van der Waals surface area (Å²) in [4.78, 5) is 15.3. The van der Waals surface area contributed by atoms with E-state index in [1.807, 2.05) is 36.4 Å². The largest absolute Gasteiger partial charge is 0.385 e. The Bertz CT molecular complexity index is 1170. The van der Waals surface area contributed by atoms with Crippen LogP contribution in [0.5, 0.6) is 0 Å². The number of aromatic nitrogens is 2. The van der Waals surface area contributed by atoms with E-state index in [0.717, 1.165) is 23.9 Å². The monoisotopic (exact) mass is 513 g/mol. The SMILES string of the molecule is COCCCc1cc(NC(=O)N[C@@H]2CN(CCOC)C[C@H]2c2ccc(F)c(F)c2)n(-c2ccccc2)n1. The van der Waals surface area contributed by atoms with Crippen molar-refractivity contribution in [2.75, 3.05) is 52.4 Å². The van der Waals surface area contributed by atoms with Crippen molar-refractivity contribution in [1.29, 1.82) is 0 Å². The molecule has 4 rings (SSSR count). The topological polar surface area (TPSA) is 80.6 Å². The van der Waals surface area contributed by atoms with E-state index in [1.165, 1.54) is 6.07 Å². The molecule has 0 radical (unpaired) electrons. The van der Waals surface area contributed by atoms with Crippen molar-refractivity contribution in [3.63, 3.8) is 0 Å². The maximum atomic E-state index is 14.0. The molecule has 2 heterocycles. The maximum Gasteiger partial charge on any atom is 0.320 e. The molecule has 3 aromatic rings. The second kappa shape index (κ2) is 12.8. The number of para-hydroxylation sites is 1. The molecule has 2 atom stereocenters. The Labute approximate surface area is 215 Å². The van der Waals surface area contributed by atoms with Gasteiger partial charge in [-0.3, -0.25) is 10.2 Å². The average molecular weight is 514 g/mol. The summed E-state index contributed by atoms with van der Waals surface area (Å²) in [6.07, 6.45) is 1.52. The zero-order valence-electron chi connectivity index (χ0n) is 21.1. The Hall–Kier alpha value is -3.34. The van der Waals surface area contributed by atoms with Crippen LogP contribution in [-0.2, 0) is 15.9 Å². The van der Waals surface area contributed by atoms with Gasteiger partial charge in [0.05, 0.1) is 24.0 Å². The number of nitrogens with zero attached hydrogens (tertiary/aromatic N) is 3. The molecule has 1 aliphatic rings. The molecule has 0 saturated carbocycles. The fourth-order valence-electron chi connectivity index (χ4n) is 4.64. The highest BCUT2D eigenvalue weighted by Gasteiger charge is 2.35. The van der Waals surface area contributed by atoms with Crippen LogP contribution < -0.4 is 10.6 Å². The van der Waals surface area contributed by atoms with Gasteiger partial charge >= 0.3 is 6.03 Å². The number of rotatable bonds is 11. The summed E-state index contributed by atoms with van der Waals surface area (Å²) in [5, 5.41) is 10.7. The summed E-state index contributed by atoms with van der Waals surface area (Å²) >= 11 is 0. The lowest BCUT2D eigenvalue weighted by Gasteiger charge is -2.21. The third kappa shape index (κ3) is 6.91. The van der Waals surface area contributed by atoms with E-state index in [1.54, 1.807) is 25.0 Å². The molecule has 8 nitrogen and oxygen atoms in total. The number of amides is 2. The van der Waals surface area contributed by atoms with Gasteiger partial charge in [-0.15, -0.1) is 0 Å². The predicted octanol–water partition coefficient (Wildman–Crippen LogP) is 3.97.